The first kappa shape index (κ1) is 8.73. The topological polar surface area (TPSA) is 64.1 Å². The number of nitrogen functional groups attached to an aromatic ring is 1. The van der Waals surface area contributed by atoms with Gasteiger partial charge in [-0.1, -0.05) is 6.07 Å². The van der Waals surface area contributed by atoms with Crippen molar-refractivity contribution in [2.45, 2.75) is 18.9 Å². The van der Waals surface area contributed by atoms with Gasteiger partial charge in [0.15, 0.2) is 5.58 Å². The van der Waals surface area contributed by atoms with Crippen LogP contribution in [0.15, 0.2) is 22.6 Å². The highest BCUT2D eigenvalue weighted by Crippen LogP contribution is 2.28. The van der Waals surface area contributed by atoms with E-state index in [0.29, 0.717) is 11.3 Å². The molecule has 0 radical (unpaired) electrons. The maximum Gasteiger partial charge on any atom is 0.212 e. The van der Waals surface area contributed by atoms with Crippen LogP contribution in [-0.2, 0) is 0 Å². The van der Waals surface area contributed by atoms with Crippen molar-refractivity contribution < 1.29 is 4.42 Å². The fourth-order valence-electron chi connectivity index (χ4n) is 2.03. The minimum absolute atomic E-state index is 0.261. The zero-order chi connectivity index (χ0) is 10.3. The molecular weight excluding hydrogens is 190 g/mol. The molecule has 0 unspecified atom stereocenters. The van der Waals surface area contributed by atoms with E-state index >= 15 is 0 Å². The summed E-state index contributed by atoms with van der Waals surface area (Å²) in [6.07, 6.45) is 2.27. The number of benzene rings is 1. The van der Waals surface area contributed by atoms with Crippen molar-refractivity contribution >= 4 is 16.8 Å². The third-order valence-corrected chi connectivity index (χ3v) is 2.82. The molecule has 0 bridgehead atoms. The number of nitrogens with zero attached hydrogens (tertiary/aromatic N) is 1. The van der Waals surface area contributed by atoms with E-state index < -0.39 is 0 Å². The highest BCUT2D eigenvalue weighted by molar-refractivity contribution is 5.84. The number of para-hydroxylation sites is 1. The summed E-state index contributed by atoms with van der Waals surface area (Å²) in [5, 5.41) is 3.36. The molecule has 0 amide bonds. The quantitative estimate of drug-likeness (QED) is 0.694. The van der Waals surface area contributed by atoms with Crippen LogP contribution in [0.2, 0.25) is 0 Å². The van der Waals surface area contributed by atoms with Gasteiger partial charge in [0.05, 0.1) is 11.7 Å². The Bertz CT molecular complexity index is 486. The zero-order valence-electron chi connectivity index (χ0n) is 8.36. The lowest BCUT2D eigenvalue weighted by atomic mass is 10.2. The molecule has 1 saturated heterocycles. The molecule has 2 heterocycles. The molecule has 1 atom stereocenters. The highest BCUT2D eigenvalue weighted by atomic mass is 16.4. The third kappa shape index (κ3) is 1.37. The van der Waals surface area contributed by atoms with E-state index in [2.05, 4.69) is 10.3 Å². The molecule has 1 fully saturated rings. The van der Waals surface area contributed by atoms with Crippen molar-refractivity contribution in [1.82, 2.24) is 10.3 Å². The lowest BCUT2D eigenvalue weighted by molar-refractivity contribution is 0.452. The van der Waals surface area contributed by atoms with Crippen molar-refractivity contribution in [2.75, 3.05) is 12.3 Å². The van der Waals surface area contributed by atoms with Crippen molar-refractivity contribution in [3.63, 3.8) is 0 Å². The number of nitrogens with one attached hydrogen (secondary N) is 1. The van der Waals surface area contributed by atoms with Crippen LogP contribution in [0.4, 0.5) is 5.69 Å². The van der Waals surface area contributed by atoms with Gasteiger partial charge in [-0.05, 0) is 31.5 Å². The standard InChI is InChI=1S/C11H13N3O/c12-7-3-1-4-8-10(7)15-11(14-8)9-5-2-6-13-9/h1,3-4,9,13H,2,5-6,12H2/t9-/m0/s1. The number of anilines is 1. The summed E-state index contributed by atoms with van der Waals surface area (Å²) in [4.78, 5) is 4.45. The van der Waals surface area contributed by atoms with Crippen LogP contribution < -0.4 is 11.1 Å². The average molecular weight is 203 g/mol. The van der Waals surface area contributed by atoms with Gasteiger partial charge in [0, 0.05) is 0 Å². The first-order valence-electron chi connectivity index (χ1n) is 5.23. The van der Waals surface area contributed by atoms with Gasteiger partial charge in [-0.2, -0.15) is 0 Å². The number of aromatic nitrogens is 1. The van der Waals surface area contributed by atoms with Crippen molar-refractivity contribution in [2.24, 2.45) is 0 Å². The van der Waals surface area contributed by atoms with Crippen molar-refractivity contribution in [3.05, 3.63) is 24.1 Å². The Morgan fingerprint density at radius 1 is 1.47 bits per heavy atom. The van der Waals surface area contributed by atoms with Crippen LogP contribution in [0.25, 0.3) is 11.1 Å². The third-order valence-electron chi connectivity index (χ3n) is 2.82. The molecule has 0 spiro atoms. The van der Waals surface area contributed by atoms with Crippen LogP contribution in [0, 0.1) is 0 Å². The molecule has 1 aromatic carbocycles. The Balaban J connectivity index is 2.09. The zero-order valence-corrected chi connectivity index (χ0v) is 8.36. The number of rotatable bonds is 1. The van der Waals surface area contributed by atoms with Gasteiger partial charge in [-0.25, -0.2) is 4.98 Å². The Labute approximate surface area is 87.5 Å². The number of fused-ring (bicyclic) bond motifs is 1. The molecule has 3 rings (SSSR count). The molecule has 3 N–H and O–H groups in total. The van der Waals surface area contributed by atoms with Crippen molar-refractivity contribution in [3.8, 4) is 0 Å². The van der Waals surface area contributed by atoms with Crippen LogP contribution in [0.5, 0.6) is 0 Å². The second kappa shape index (κ2) is 3.24. The second-order valence-corrected chi connectivity index (χ2v) is 3.90. The summed E-state index contributed by atoms with van der Waals surface area (Å²) >= 11 is 0. The van der Waals surface area contributed by atoms with Crippen LogP contribution in [0.1, 0.15) is 24.8 Å². The average Bonchev–Trinajstić information content (AvgIpc) is 2.86. The summed E-state index contributed by atoms with van der Waals surface area (Å²) in [7, 11) is 0. The molecule has 4 heteroatoms. The van der Waals surface area contributed by atoms with E-state index in [9.17, 15) is 0 Å². The fraction of sp³-hybridized carbons (Fsp3) is 0.364. The van der Waals surface area contributed by atoms with Crippen LogP contribution >= 0.6 is 0 Å². The Morgan fingerprint density at radius 2 is 2.40 bits per heavy atom. The van der Waals surface area contributed by atoms with E-state index in [1.807, 2.05) is 18.2 Å². The van der Waals surface area contributed by atoms with Crippen LogP contribution in [-0.4, -0.2) is 11.5 Å². The van der Waals surface area contributed by atoms with E-state index in [-0.39, 0.29) is 6.04 Å². The predicted molar refractivity (Wildman–Crippen MR) is 58.4 cm³/mol. The lowest BCUT2D eigenvalue weighted by Crippen LogP contribution is -2.12. The van der Waals surface area contributed by atoms with E-state index in [0.717, 1.165) is 24.4 Å². The van der Waals surface area contributed by atoms with Gasteiger partial charge in [-0.15, -0.1) is 0 Å². The molecule has 0 aliphatic carbocycles. The SMILES string of the molecule is Nc1cccc2nc([C@@H]3CCCN3)oc12. The second-order valence-electron chi connectivity index (χ2n) is 3.90. The smallest absolute Gasteiger partial charge is 0.212 e. The predicted octanol–water partition coefficient (Wildman–Crippen LogP) is 1.83. The summed E-state index contributed by atoms with van der Waals surface area (Å²) in [5.74, 6) is 0.764. The van der Waals surface area contributed by atoms with Crippen molar-refractivity contribution in [1.29, 1.82) is 0 Å². The maximum absolute atomic E-state index is 5.81. The minimum Gasteiger partial charge on any atom is -0.437 e. The number of oxazole rings is 1. The summed E-state index contributed by atoms with van der Waals surface area (Å²) in [6, 6.07) is 5.91. The van der Waals surface area contributed by atoms with Gasteiger partial charge in [-0.3, -0.25) is 0 Å². The Morgan fingerprint density at radius 3 is 3.13 bits per heavy atom. The number of hydrogen-bond donors (Lipinski definition) is 2. The number of nitrogens with two attached hydrogens (primary N) is 1. The largest absolute Gasteiger partial charge is 0.437 e. The minimum atomic E-state index is 0.261. The monoisotopic (exact) mass is 203 g/mol. The fourth-order valence-corrected chi connectivity index (χ4v) is 2.03. The molecule has 15 heavy (non-hydrogen) atoms. The summed E-state index contributed by atoms with van der Waals surface area (Å²) in [5.41, 5.74) is 8.03. The van der Waals surface area contributed by atoms with E-state index in [1.54, 1.807) is 0 Å². The van der Waals surface area contributed by atoms with Gasteiger partial charge in [0.25, 0.3) is 0 Å². The molecule has 1 aliphatic heterocycles. The summed E-state index contributed by atoms with van der Waals surface area (Å²) in [6.45, 7) is 1.04. The normalized spacial score (nSPS) is 21.2. The molecule has 1 aromatic heterocycles. The van der Waals surface area contributed by atoms with E-state index in [4.69, 9.17) is 10.2 Å². The molecule has 0 saturated carbocycles. The maximum atomic E-state index is 5.81. The summed E-state index contributed by atoms with van der Waals surface area (Å²) < 4.78 is 5.68. The van der Waals surface area contributed by atoms with Gasteiger partial charge in [0.2, 0.25) is 5.89 Å². The van der Waals surface area contributed by atoms with Gasteiger partial charge < -0.3 is 15.5 Å². The Hall–Kier alpha value is -1.55. The molecule has 78 valence electrons. The molecule has 1 aliphatic rings. The van der Waals surface area contributed by atoms with Crippen LogP contribution in [0.3, 0.4) is 0 Å². The van der Waals surface area contributed by atoms with Gasteiger partial charge in [0.1, 0.15) is 5.52 Å². The lowest BCUT2D eigenvalue weighted by Gasteiger charge is -2.02. The first-order chi connectivity index (χ1) is 7.34. The number of hydrogen-bond acceptors (Lipinski definition) is 4. The molecule has 4 nitrogen and oxygen atoms in total. The van der Waals surface area contributed by atoms with E-state index in [1.165, 1.54) is 6.42 Å². The first-order valence-corrected chi connectivity index (χ1v) is 5.23. The Kier molecular flexibility index (Phi) is 1.89. The molecular formula is C11H13N3O. The molecule has 2 aromatic rings. The highest BCUT2D eigenvalue weighted by Gasteiger charge is 2.21. The van der Waals surface area contributed by atoms with Gasteiger partial charge >= 0.3 is 0 Å².